The monoisotopic (exact) mass is 323 g/mol. The van der Waals surface area contributed by atoms with Crippen molar-refractivity contribution in [3.8, 4) is 0 Å². The summed E-state index contributed by atoms with van der Waals surface area (Å²) in [5.74, 6) is 1.18. The molecule has 0 spiro atoms. The smallest absolute Gasteiger partial charge is 0.131 e. The van der Waals surface area contributed by atoms with E-state index in [-0.39, 0.29) is 0 Å². The van der Waals surface area contributed by atoms with Gasteiger partial charge < -0.3 is 4.90 Å². The summed E-state index contributed by atoms with van der Waals surface area (Å²) in [6.07, 6.45) is 4.72. The zero-order chi connectivity index (χ0) is 13.4. The summed E-state index contributed by atoms with van der Waals surface area (Å²) in [5, 5.41) is 0.882. The third-order valence-electron chi connectivity index (χ3n) is 4.47. The van der Waals surface area contributed by atoms with Gasteiger partial charge in [-0.05, 0) is 44.4 Å². The van der Waals surface area contributed by atoms with Crippen LogP contribution in [0.3, 0.4) is 0 Å². The number of halogens is 1. The summed E-state index contributed by atoms with van der Waals surface area (Å²) in [6.45, 7) is 8.13. The first-order valence-corrected chi connectivity index (χ1v) is 8.33. The SMILES string of the molecule is Cc1cc(CBr)cnc1N1CC2CCCN2CC1C. The Hall–Kier alpha value is -0.610. The van der Waals surface area contributed by atoms with Crippen LogP contribution in [0, 0.1) is 6.92 Å². The maximum Gasteiger partial charge on any atom is 0.131 e. The molecule has 0 bridgehead atoms. The number of aryl methyl sites for hydroxylation is 1. The average molecular weight is 324 g/mol. The lowest BCUT2D eigenvalue weighted by Gasteiger charge is -2.43. The summed E-state index contributed by atoms with van der Waals surface area (Å²) in [7, 11) is 0. The maximum absolute atomic E-state index is 4.71. The molecular formula is C15H22BrN3. The van der Waals surface area contributed by atoms with Crippen LogP contribution in [-0.2, 0) is 5.33 Å². The van der Waals surface area contributed by atoms with Crippen molar-refractivity contribution in [3.63, 3.8) is 0 Å². The lowest BCUT2D eigenvalue weighted by Crippen LogP contribution is -2.55. The van der Waals surface area contributed by atoms with Crippen molar-refractivity contribution in [1.82, 2.24) is 9.88 Å². The highest BCUT2D eigenvalue weighted by Gasteiger charge is 2.35. The summed E-state index contributed by atoms with van der Waals surface area (Å²) in [6, 6.07) is 3.56. The van der Waals surface area contributed by atoms with Gasteiger partial charge in [-0.15, -0.1) is 0 Å². The van der Waals surface area contributed by atoms with Gasteiger partial charge >= 0.3 is 0 Å². The van der Waals surface area contributed by atoms with Crippen molar-refractivity contribution in [3.05, 3.63) is 23.4 Å². The van der Waals surface area contributed by atoms with Crippen LogP contribution in [0.15, 0.2) is 12.3 Å². The molecular weight excluding hydrogens is 302 g/mol. The molecule has 1 aromatic heterocycles. The second kappa shape index (κ2) is 5.41. The van der Waals surface area contributed by atoms with Crippen LogP contribution in [0.1, 0.15) is 30.9 Å². The van der Waals surface area contributed by atoms with Crippen molar-refractivity contribution < 1.29 is 0 Å². The highest BCUT2D eigenvalue weighted by molar-refractivity contribution is 9.08. The summed E-state index contributed by atoms with van der Waals surface area (Å²) < 4.78 is 0. The van der Waals surface area contributed by atoms with E-state index in [1.807, 2.05) is 6.20 Å². The first-order valence-electron chi connectivity index (χ1n) is 7.21. The van der Waals surface area contributed by atoms with E-state index in [9.17, 15) is 0 Å². The second-order valence-electron chi connectivity index (χ2n) is 5.91. The predicted octanol–water partition coefficient (Wildman–Crippen LogP) is 2.96. The molecule has 0 radical (unpaired) electrons. The van der Waals surface area contributed by atoms with Gasteiger partial charge in [0.15, 0.2) is 0 Å². The van der Waals surface area contributed by atoms with E-state index in [0.717, 1.165) is 17.9 Å². The zero-order valence-electron chi connectivity index (χ0n) is 11.8. The Morgan fingerprint density at radius 1 is 1.42 bits per heavy atom. The van der Waals surface area contributed by atoms with Gasteiger partial charge in [0.2, 0.25) is 0 Å². The Bertz CT molecular complexity index is 463. The third-order valence-corrected chi connectivity index (χ3v) is 5.12. The molecule has 2 atom stereocenters. The molecule has 1 aromatic rings. The Morgan fingerprint density at radius 2 is 2.26 bits per heavy atom. The number of pyridine rings is 1. The minimum Gasteiger partial charge on any atom is -0.351 e. The van der Waals surface area contributed by atoms with E-state index >= 15 is 0 Å². The standard InChI is InChI=1S/C15H22BrN3/c1-11-6-13(7-16)8-17-15(11)19-10-14-4-3-5-18(14)9-12(19)2/h6,8,12,14H,3-5,7,9-10H2,1-2H3. The van der Waals surface area contributed by atoms with Crippen molar-refractivity contribution in [2.24, 2.45) is 0 Å². The van der Waals surface area contributed by atoms with Gasteiger partial charge in [0.25, 0.3) is 0 Å². The second-order valence-corrected chi connectivity index (χ2v) is 6.47. The number of piperazine rings is 1. The van der Waals surface area contributed by atoms with E-state index in [1.54, 1.807) is 0 Å². The van der Waals surface area contributed by atoms with E-state index in [0.29, 0.717) is 6.04 Å². The first kappa shape index (κ1) is 13.4. The van der Waals surface area contributed by atoms with Crippen molar-refractivity contribution in [2.45, 2.75) is 44.1 Å². The molecule has 3 nitrogen and oxygen atoms in total. The highest BCUT2D eigenvalue weighted by atomic mass is 79.9. The fraction of sp³-hybridized carbons (Fsp3) is 0.667. The molecule has 0 N–H and O–H groups in total. The number of hydrogen-bond acceptors (Lipinski definition) is 3. The molecule has 3 rings (SSSR count). The van der Waals surface area contributed by atoms with E-state index in [1.165, 1.54) is 42.9 Å². The minimum absolute atomic E-state index is 0.565. The summed E-state index contributed by atoms with van der Waals surface area (Å²) in [4.78, 5) is 9.88. The molecule has 2 saturated heterocycles. The number of aromatic nitrogens is 1. The van der Waals surface area contributed by atoms with Crippen LogP contribution in [0.25, 0.3) is 0 Å². The fourth-order valence-corrected chi connectivity index (χ4v) is 3.79. The summed E-state index contributed by atoms with van der Waals surface area (Å²) >= 11 is 3.50. The Labute approximate surface area is 124 Å². The van der Waals surface area contributed by atoms with Gasteiger partial charge in [0.05, 0.1) is 0 Å². The molecule has 0 amide bonds. The lowest BCUT2D eigenvalue weighted by molar-refractivity contribution is 0.202. The van der Waals surface area contributed by atoms with Crippen LogP contribution in [0.5, 0.6) is 0 Å². The number of alkyl halides is 1. The van der Waals surface area contributed by atoms with Crippen molar-refractivity contribution in [2.75, 3.05) is 24.5 Å². The Morgan fingerprint density at radius 3 is 3.00 bits per heavy atom. The number of nitrogens with zero attached hydrogens (tertiary/aromatic N) is 3. The molecule has 2 aliphatic rings. The molecule has 19 heavy (non-hydrogen) atoms. The van der Waals surface area contributed by atoms with E-state index < -0.39 is 0 Å². The van der Waals surface area contributed by atoms with Crippen LogP contribution < -0.4 is 4.90 Å². The van der Waals surface area contributed by atoms with Crippen molar-refractivity contribution >= 4 is 21.7 Å². The lowest BCUT2D eigenvalue weighted by atomic mass is 10.1. The van der Waals surface area contributed by atoms with Gasteiger partial charge in [0, 0.05) is 36.7 Å². The first-order chi connectivity index (χ1) is 9.19. The largest absolute Gasteiger partial charge is 0.351 e. The van der Waals surface area contributed by atoms with Gasteiger partial charge in [0.1, 0.15) is 5.82 Å². The van der Waals surface area contributed by atoms with Crippen LogP contribution in [0.2, 0.25) is 0 Å². The highest BCUT2D eigenvalue weighted by Crippen LogP contribution is 2.29. The average Bonchev–Trinajstić information content (AvgIpc) is 2.85. The Balaban J connectivity index is 1.84. The van der Waals surface area contributed by atoms with Crippen molar-refractivity contribution in [1.29, 1.82) is 0 Å². The molecule has 0 aromatic carbocycles. The number of fused-ring (bicyclic) bond motifs is 1. The van der Waals surface area contributed by atoms with Crippen LogP contribution >= 0.6 is 15.9 Å². The quantitative estimate of drug-likeness (QED) is 0.780. The Kier molecular flexibility index (Phi) is 3.81. The van der Waals surface area contributed by atoms with E-state index in [4.69, 9.17) is 4.98 Å². The molecule has 2 unspecified atom stereocenters. The normalized spacial score (nSPS) is 27.6. The number of hydrogen-bond donors (Lipinski definition) is 0. The molecule has 104 valence electrons. The zero-order valence-corrected chi connectivity index (χ0v) is 13.4. The van der Waals surface area contributed by atoms with Gasteiger partial charge in [-0.2, -0.15) is 0 Å². The topological polar surface area (TPSA) is 19.4 Å². The van der Waals surface area contributed by atoms with Crippen LogP contribution in [0.4, 0.5) is 5.82 Å². The van der Waals surface area contributed by atoms with Gasteiger partial charge in [-0.3, -0.25) is 4.90 Å². The number of anilines is 1. The predicted molar refractivity (Wildman–Crippen MR) is 83.0 cm³/mol. The number of rotatable bonds is 2. The molecule has 0 saturated carbocycles. The molecule has 3 heterocycles. The molecule has 2 fully saturated rings. The van der Waals surface area contributed by atoms with Gasteiger partial charge in [-0.25, -0.2) is 4.98 Å². The summed E-state index contributed by atoms with van der Waals surface area (Å²) in [5.41, 5.74) is 2.56. The van der Waals surface area contributed by atoms with Crippen LogP contribution in [-0.4, -0.2) is 41.6 Å². The minimum atomic E-state index is 0.565. The fourth-order valence-electron chi connectivity index (χ4n) is 3.48. The molecule has 4 heteroatoms. The van der Waals surface area contributed by atoms with Gasteiger partial charge in [-0.1, -0.05) is 22.0 Å². The molecule has 2 aliphatic heterocycles. The third kappa shape index (κ3) is 2.52. The maximum atomic E-state index is 4.71. The van der Waals surface area contributed by atoms with E-state index in [2.05, 4.69) is 45.6 Å². The molecule has 0 aliphatic carbocycles.